The topological polar surface area (TPSA) is 76.4 Å². The number of nitrogens with one attached hydrogen (secondary N) is 2. The second-order valence-corrected chi connectivity index (χ2v) is 5.73. The number of hydrogen-bond donors (Lipinski definition) is 2. The molecule has 1 aromatic heterocycles. The third kappa shape index (κ3) is 3.84. The molecule has 2 aromatic rings. The van der Waals surface area contributed by atoms with Crippen LogP contribution in [0.25, 0.3) is 11.0 Å². The van der Waals surface area contributed by atoms with E-state index in [2.05, 4.69) is 15.8 Å². The van der Waals surface area contributed by atoms with Gasteiger partial charge in [-0.15, -0.1) is 0 Å². The molecule has 0 spiro atoms. The molecule has 1 aromatic carbocycles. The summed E-state index contributed by atoms with van der Waals surface area (Å²) in [7, 11) is 0. The van der Waals surface area contributed by atoms with Gasteiger partial charge in [0.05, 0.1) is 18.8 Å². The normalized spacial score (nSPS) is 15.0. The minimum absolute atomic E-state index is 0. The molecular formula is C16H27N3O3. The van der Waals surface area contributed by atoms with Gasteiger partial charge >= 0.3 is 0 Å². The fourth-order valence-corrected chi connectivity index (χ4v) is 2.28. The van der Waals surface area contributed by atoms with Crippen molar-refractivity contribution in [2.75, 3.05) is 26.3 Å². The van der Waals surface area contributed by atoms with Gasteiger partial charge in [-0.05, 0) is 32.4 Å². The first-order chi connectivity index (χ1) is 10.6. The average molecular weight is 309 g/mol. The predicted molar refractivity (Wildman–Crippen MR) is 88.9 cm³/mol. The summed E-state index contributed by atoms with van der Waals surface area (Å²) < 4.78 is 10.3. The van der Waals surface area contributed by atoms with E-state index in [1.54, 1.807) is 0 Å². The fraction of sp³-hybridized carbons (Fsp3) is 0.500. The summed E-state index contributed by atoms with van der Waals surface area (Å²) in [5, 5.41) is 10.9. The number of fused-ring (bicyclic) bond motifs is 1. The summed E-state index contributed by atoms with van der Waals surface area (Å²) in [5.74, 6) is 0. The third-order valence-electron chi connectivity index (χ3n) is 3.55. The summed E-state index contributed by atoms with van der Waals surface area (Å²) in [4.78, 5) is 10.5. The summed E-state index contributed by atoms with van der Waals surface area (Å²) in [6.07, 6.45) is 0.677. The van der Waals surface area contributed by atoms with Crippen LogP contribution in [0.1, 0.15) is 28.0 Å². The Labute approximate surface area is 133 Å². The van der Waals surface area contributed by atoms with Gasteiger partial charge in [0.25, 0.3) is 0 Å². The van der Waals surface area contributed by atoms with Crippen LogP contribution in [0.4, 0.5) is 0 Å². The Hall–Kier alpha value is -1.92. The Bertz CT molecular complexity index is 617. The van der Waals surface area contributed by atoms with Crippen molar-refractivity contribution in [3.8, 4) is 0 Å². The van der Waals surface area contributed by atoms with Crippen LogP contribution in [-0.2, 0) is 15.1 Å². The molecule has 0 unspecified atom stereocenters. The second-order valence-electron chi connectivity index (χ2n) is 5.73. The van der Waals surface area contributed by atoms with Crippen molar-refractivity contribution in [2.24, 2.45) is 0 Å². The number of ether oxygens (including phenoxy) is 1. The van der Waals surface area contributed by atoms with Crippen LogP contribution in [0.2, 0.25) is 0 Å². The van der Waals surface area contributed by atoms with Crippen molar-refractivity contribution >= 4 is 17.4 Å². The van der Waals surface area contributed by atoms with Crippen molar-refractivity contribution < 1.29 is 16.9 Å². The molecule has 1 saturated heterocycles. The van der Waals surface area contributed by atoms with Crippen LogP contribution in [0.3, 0.4) is 0 Å². The number of para-hydroxylation sites is 1. The molecule has 124 valence electrons. The first-order valence-electron chi connectivity index (χ1n) is 7.41. The summed E-state index contributed by atoms with van der Waals surface area (Å²) in [5.41, 5.74) is 2.04. The summed E-state index contributed by atoms with van der Waals surface area (Å²) in [6, 6.07) is 5.87. The van der Waals surface area contributed by atoms with Crippen LogP contribution in [0, 0.1) is 6.92 Å². The zero-order chi connectivity index (χ0) is 16.0. The fourth-order valence-electron chi connectivity index (χ4n) is 2.28. The highest BCUT2D eigenvalue weighted by atomic mass is 16.5. The molecule has 2 N–H and O–H groups in total. The molecule has 1 aliphatic rings. The van der Waals surface area contributed by atoms with E-state index < -0.39 is 5.54 Å². The number of carbonyl (C=O) groups is 1. The number of aryl methyl sites for hydroxylation is 1. The number of rotatable bonds is 3. The van der Waals surface area contributed by atoms with E-state index in [1.807, 2.05) is 39.0 Å². The highest BCUT2D eigenvalue weighted by Crippen LogP contribution is 2.28. The maximum Gasteiger partial charge on any atom is 0.207 e. The average Bonchev–Trinajstić information content (AvgIpc) is 2.96. The smallest absolute Gasteiger partial charge is 0.207 e. The van der Waals surface area contributed by atoms with Crippen molar-refractivity contribution in [3.05, 3.63) is 29.5 Å². The zero-order valence-corrected chi connectivity index (χ0v) is 13.3. The summed E-state index contributed by atoms with van der Waals surface area (Å²) >= 11 is 0. The molecule has 0 radical (unpaired) electrons. The van der Waals surface area contributed by atoms with Gasteiger partial charge in [0.15, 0.2) is 5.58 Å². The molecule has 0 atom stereocenters. The monoisotopic (exact) mass is 309 g/mol. The highest BCUT2D eigenvalue weighted by Gasteiger charge is 2.26. The first kappa shape index (κ1) is 16.5. The quantitative estimate of drug-likeness (QED) is 0.850. The number of aromatic nitrogens is 1. The van der Waals surface area contributed by atoms with E-state index in [-0.39, 0.29) is 2.85 Å². The lowest BCUT2D eigenvalue weighted by atomic mass is 9.97. The number of nitrogens with zero attached hydrogens (tertiary/aromatic N) is 1. The number of amides is 1. The molecule has 22 heavy (non-hydrogen) atoms. The van der Waals surface area contributed by atoms with E-state index in [9.17, 15) is 4.79 Å². The molecule has 6 nitrogen and oxygen atoms in total. The highest BCUT2D eigenvalue weighted by molar-refractivity contribution is 5.83. The Morgan fingerprint density at radius 3 is 2.64 bits per heavy atom. The Kier molecular flexibility index (Phi) is 5.51. The van der Waals surface area contributed by atoms with E-state index in [1.165, 1.54) is 0 Å². The van der Waals surface area contributed by atoms with Crippen molar-refractivity contribution in [1.29, 1.82) is 0 Å². The molecule has 2 heterocycles. The largest absolute Gasteiger partial charge is 0.379 e. The van der Waals surface area contributed by atoms with Crippen LogP contribution >= 0.6 is 0 Å². The minimum Gasteiger partial charge on any atom is -0.379 e. The van der Waals surface area contributed by atoms with Gasteiger partial charge in [0, 0.05) is 21.3 Å². The van der Waals surface area contributed by atoms with E-state index >= 15 is 0 Å². The lowest BCUT2D eigenvalue weighted by Gasteiger charge is -2.20. The standard InChI is InChI=1S/C12H14N2O2.C4H9NO.2H2/c1-8-5-4-6-9-10(8)16-14-11(9)12(2,3)13-7-15;1-3-6-4-2-5-1;;/h4-7H,1-3H3,(H,13,15);5H,1-4H2;2*1H. The Morgan fingerprint density at radius 1 is 1.36 bits per heavy atom. The lowest BCUT2D eigenvalue weighted by molar-refractivity contribution is -0.111. The molecule has 0 saturated carbocycles. The first-order valence-corrected chi connectivity index (χ1v) is 7.41. The van der Waals surface area contributed by atoms with E-state index in [0.29, 0.717) is 6.41 Å². The second kappa shape index (κ2) is 7.38. The minimum atomic E-state index is -0.527. The zero-order valence-electron chi connectivity index (χ0n) is 13.3. The predicted octanol–water partition coefficient (Wildman–Crippen LogP) is 2.22. The van der Waals surface area contributed by atoms with Gasteiger partial charge in [-0.3, -0.25) is 4.79 Å². The molecule has 3 rings (SSSR count). The van der Waals surface area contributed by atoms with Crippen molar-refractivity contribution in [3.63, 3.8) is 0 Å². The van der Waals surface area contributed by atoms with Crippen LogP contribution in [0.5, 0.6) is 0 Å². The van der Waals surface area contributed by atoms with Gasteiger partial charge in [0.2, 0.25) is 6.41 Å². The van der Waals surface area contributed by atoms with Crippen LogP contribution < -0.4 is 10.6 Å². The molecule has 6 heteroatoms. The van der Waals surface area contributed by atoms with Gasteiger partial charge < -0.3 is 19.9 Å². The SMILES string of the molecule is C1COCCN1.Cc1cccc2c(C(C)(C)NC=O)noc12.[HH].[HH]. The molecular weight excluding hydrogens is 282 g/mol. The molecule has 0 bridgehead atoms. The number of hydrogen-bond acceptors (Lipinski definition) is 5. The number of benzene rings is 1. The van der Waals surface area contributed by atoms with E-state index in [4.69, 9.17) is 9.26 Å². The maximum atomic E-state index is 10.5. The van der Waals surface area contributed by atoms with Crippen molar-refractivity contribution in [2.45, 2.75) is 26.3 Å². The van der Waals surface area contributed by atoms with Gasteiger partial charge in [-0.1, -0.05) is 17.3 Å². The third-order valence-corrected chi connectivity index (χ3v) is 3.55. The van der Waals surface area contributed by atoms with Gasteiger partial charge in [0.1, 0.15) is 5.69 Å². The van der Waals surface area contributed by atoms with E-state index in [0.717, 1.165) is 48.5 Å². The Balaban J connectivity index is 0.000000565. The number of carbonyl (C=O) groups excluding carboxylic acids is 1. The summed E-state index contributed by atoms with van der Waals surface area (Å²) in [6.45, 7) is 9.58. The maximum absolute atomic E-state index is 10.5. The van der Waals surface area contributed by atoms with Gasteiger partial charge in [-0.2, -0.15) is 0 Å². The van der Waals surface area contributed by atoms with Crippen molar-refractivity contribution in [1.82, 2.24) is 15.8 Å². The molecule has 1 fully saturated rings. The molecule has 1 aliphatic heterocycles. The van der Waals surface area contributed by atoms with Crippen LogP contribution in [0.15, 0.2) is 22.7 Å². The van der Waals surface area contributed by atoms with Crippen LogP contribution in [-0.4, -0.2) is 37.9 Å². The Morgan fingerprint density at radius 2 is 2.09 bits per heavy atom. The number of morpholine rings is 1. The molecule has 1 amide bonds. The molecule has 0 aliphatic carbocycles. The van der Waals surface area contributed by atoms with Gasteiger partial charge in [-0.25, -0.2) is 0 Å². The lowest BCUT2D eigenvalue weighted by Crippen LogP contribution is -2.35.